The zero-order chi connectivity index (χ0) is 8.13. The van der Waals surface area contributed by atoms with Gasteiger partial charge in [-0.05, 0) is 50.5 Å². The van der Waals surface area contributed by atoms with Crippen LogP contribution in [0.3, 0.4) is 0 Å². The van der Waals surface area contributed by atoms with E-state index in [1.165, 1.54) is 38.6 Å². The summed E-state index contributed by atoms with van der Waals surface area (Å²) in [5, 5.41) is 0. The predicted octanol–water partition coefficient (Wildman–Crippen LogP) is 2.27. The van der Waals surface area contributed by atoms with E-state index in [9.17, 15) is 0 Å². The summed E-state index contributed by atoms with van der Waals surface area (Å²) in [6.45, 7) is 3.85. The van der Waals surface area contributed by atoms with E-state index in [1.54, 1.807) is 0 Å². The Balaban J connectivity index is 1.80. The molecule has 2 aliphatic heterocycles. The van der Waals surface area contributed by atoms with E-state index in [4.69, 9.17) is 0 Å². The molecule has 0 aromatic rings. The number of rotatable bonds is 0. The fraction of sp³-hybridized carbons (Fsp3) is 1.00. The van der Waals surface area contributed by atoms with Gasteiger partial charge in [-0.15, -0.1) is 0 Å². The van der Waals surface area contributed by atoms with Crippen molar-refractivity contribution in [2.24, 2.45) is 11.8 Å². The van der Waals surface area contributed by atoms with Crippen molar-refractivity contribution < 1.29 is 0 Å². The lowest BCUT2D eigenvalue weighted by molar-refractivity contribution is 0.231. The monoisotopic (exact) mass is 165 g/mol. The Labute approximate surface area is 75.1 Å². The van der Waals surface area contributed by atoms with Crippen molar-refractivity contribution in [3.63, 3.8) is 0 Å². The highest BCUT2D eigenvalue weighted by Crippen LogP contribution is 2.46. The van der Waals surface area contributed by atoms with Crippen molar-refractivity contribution in [1.29, 1.82) is 0 Å². The predicted molar refractivity (Wildman–Crippen MR) is 50.0 cm³/mol. The van der Waals surface area contributed by atoms with Gasteiger partial charge in [0.25, 0.3) is 0 Å². The molecule has 2 heterocycles. The van der Waals surface area contributed by atoms with Gasteiger partial charge in [0.1, 0.15) is 0 Å². The molecule has 0 amide bonds. The second kappa shape index (κ2) is 2.47. The molecule has 3 aliphatic rings. The van der Waals surface area contributed by atoms with Crippen molar-refractivity contribution in [2.75, 3.05) is 6.54 Å². The second-order valence-electron chi connectivity index (χ2n) is 5.17. The molecule has 12 heavy (non-hydrogen) atoms. The van der Waals surface area contributed by atoms with Crippen LogP contribution < -0.4 is 0 Å². The van der Waals surface area contributed by atoms with Gasteiger partial charge < -0.3 is 0 Å². The number of hydrogen-bond donors (Lipinski definition) is 0. The average Bonchev–Trinajstić information content (AvgIpc) is 2.59. The van der Waals surface area contributed by atoms with Crippen LogP contribution in [0.4, 0.5) is 0 Å². The minimum absolute atomic E-state index is 1.01. The van der Waals surface area contributed by atoms with Gasteiger partial charge in [-0.25, -0.2) is 0 Å². The topological polar surface area (TPSA) is 3.24 Å². The van der Waals surface area contributed by atoms with E-state index in [-0.39, 0.29) is 0 Å². The lowest BCUT2D eigenvalue weighted by atomic mass is 9.99. The SMILES string of the molecule is C[C@@H]1C[C@H]2C[C@@H]3CCCN3[C@@H]2C1. The minimum atomic E-state index is 1.01. The first-order valence-electron chi connectivity index (χ1n) is 5.60. The molecule has 1 nitrogen and oxygen atoms in total. The third-order valence-corrected chi connectivity index (χ3v) is 4.32. The van der Waals surface area contributed by atoms with Crippen LogP contribution in [0.25, 0.3) is 0 Å². The van der Waals surface area contributed by atoms with Gasteiger partial charge in [0.2, 0.25) is 0 Å². The molecule has 1 heteroatoms. The number of fused-ring (bicyclic) bond motifs is 3. The van der Waals surface area contributed by atoms with Crippen LogP contribution >= 0.6 is 0 Å². The van der Waals surface area contributed by atoms with Crippen LogP contribution in [0.1, 0.15) is 39.0 Å². The molecule has 1 saturated carbocycles. The molecule has 0 bridgehead atoms. The first-order chi connectivity index (χ1) is 5.84. The van der Waals surface area contributed by atoms with E-state index in [0.29, 0.717) is 0 Å². The Bertz CT molecular complexity index is 189. The standard InChI is InChI=1S/C11H19N/c1-8-5-9-7-10-3-2-4-12(10)11(9)6-8/h8-11H,2-7H2,1H3/t8-,9+,10+,11-/m1/s1. The molecule has 3 rings (SSSR count). The summed E-state index contributed by atoms with van der Waals surface area (Å²) >= 11 is 0. The van der Waals surface area contributed by atoms with Crippen LogP contribution in [-0.4, -0.2) is 23.5 Å². The number of hydrogen-bond acceptors (Lipinski definition) is 1. The van der Waals surface area contributed by atoms with Gasteiger partial charge >= 0.3 is 0 Å². The highest BCUT2D eigenvalue weighted by molar-refractivity contribution is 5.01. The van der Waals surface area contributed by atoms with Crippen molar-refractivity contribution in [3.8, 4) is 0 Å². The van der Waals surface area contributed by atoms with Crippen molar-refractivity contribution in [1.82, 2.24) is 4.90 Å². The highest BCUT2D eigenvalue weighted by atomic mass is 15.2. The average molecular weight is 165 g/mol. The third kappa shape index (κ3) is 0.891. The summed E-state index contributed by atoms with van der Waals surface area (Å²) in [7, 11) is 0. The zero-order valence-corrected chi connectivity index (χ0v) is 8.00. The van der Waals surface area contributed by atoms with Crippen molar-refractivity contribution in [3.05, 3.63) is 0 Å². The summed E-state index contributed by atoms with van der Waals surface area (Å²) in [5.41, 5.74) is 0. The molecule has 0 radical (unpaired) electrons. The molecule has 0 spiro atoms. The van der Waals surface area contributed by atoms with E-state index >= 15 is 0 Å². The Morgan fingerprint density at radius 1 is 1.17 bits per heavy atom. The number of nitrogens with zero attached hydrogens (tertiary/aromatic N) is 1. The van der Waals surface area contributed by atoms with Gasteiger partial charge in [-0.1, -0.05) is 6.92 Å². The Kier molecular flexibility index (Phi) is 1.52. The highest BCUT2D eigenvalue weighted by Gasteiger charge is 2.46. The maximum atomic E-state index is 2.83. The molecule has 68 valence electrons. The first kappa shape index (κ1) is 7.37. The van der Waals surface area contributed by atoms with Gasteiger partial charge in [0, 0.05) is 12.1 Å². The van der Waals surface area contributed by atoms with Crippen molar-refractivity contribution in [2.45, 2.75) is 51.1 Å². The molecule has 2 saturated heterocycles. The van der Waals surface area contributed by atoms with Crippen molar-refractivity contribution >= 4 is 0 Å². The van der Waals surface area contributed by atoms with E-state index in [2.05, 4.69) is 11.8 Å². The smallest absolute Gasteiger partial charge is 0.0130 e. The lowest BCUT2D eigenvalue weighted by Crippen LogP contribution is -2.31. The normalized spacial score (nSPS) is 52.8. The Morgan fingerprint density at radius 3 is 3.00 bits per heavy atom. The molecule has 0 aromatic carbocycles. The molecule has 0 N–H and O–H groups in total. The molecular weight excluding hydrogens is 146 g/mol. The first-order valence-corrected chi connectivity index (χ1v) is 5.60. The van der Waals surface area contributed by atoms with Gasteiger partial charge in [0.15, 0.2) is 0 Å². The summed E-state index contributed by atoms with van der Waals surface area (Å²) in [4.78, 5) is 2.83. The van der Waals surface area contributed by atoms with E-state index in [1.807, 2.05) is 0 Å². The van der Waals surface area contributed by atoms with Crippen LogP contribution in [0.2, 0.25) is 0 Å². The fourth-order valence-corrected chi connectivity index (χ4v) is 3.93. The fourth-order valence-electron chi connectivity index (χ4n) is 3.93. The molecule has 0 aromatic heterocycles. The van der Waals surface area contributed by atoms with Crippen LogP contribution in [-0.2, 0) is 0 Å². The van der Waals surface area contributed by atoms with Crippen LogP contribution in [0, 0.1) is 11.8 Å². The van der Waals surface area contributed by atoms with E-state index < -0.39 is 0 Å². The molecule has 4 atom stereocenters. The summed E-state index contributed by atoms with van der Waals surface area (Å²) in [5.74, 6) is 2.10. The van der Waals surface area contributed by atoms with Crippen LogP contribution in [0.5, 0.6) is 0 Å². The van der Waals surface area contributed by atoms with Crippen LogP contribution in [0.15, 0.2) is 0 Å². The summed E-state index contributed by atoms with van der Waals surface area (Å²) in [6.07, 6.45) is 7.54. The largest absolute Gasteiger partial charge is 0.297 e. The molecular formula is C11H19N. The van der Waals surface area contributed by atoms with Gasteiger partial charge in [-0.3, -0.25) is 4.90 Å². The van der Waals surface area contributed by atoms with Gasteiger partial charge in [0.05, 0.1) is 0 Å². The second-order valence-corrected chi connectivity index (χ2v) is 5.17. The molecule has 0 unspecified atom stereocenters. The maximum Gasteiger partial charge on any atom is 0.0130 e. The maximum absolute atomic E-state index is 2.83. The summed E-state index contributed by atoms with van der Waals surface area (Å²) in [6, 6.07) is 2.01. The Morgan fingerprint density at radius 2 is 2.08 bits per heavy atom. The third-order valence-electron chi connectivity index (χ3n) is 4.32. The minimum Gasteiger partial charge on any atom is -0.297 e. The molecule has 1 aliphatic carbocycles. The zero-order valence-electron chi connectivity index (χ0n) is 8.00. The van der Waals surface area contributed by atoms with E-state index in [0.717, 1.165) is 23.9 Å². The quantitative estimate of drug-likeness (QED) is 0.532. The van der Waals surface area contributed by atoms with Gasteiger partial charge in [-0.2, -0.15) is 0 Å². The molecule has 3 fully saturated rings. The lowest BCUT2D eigenvalue weighted by Gasteiger charge is -2.22. The Hall–Kier alpha value is -0.0400. The summed E-state index contributed by atoms with van der Waals surface area (Å²) < 4.78 is 0.